The van der Waals surface area contributed by atoms with Crippen molar-refractivity contribution in [2.45, 2.75) is 6.18 Å². The van der Waals surface area contributed by atoms with Crippen LogP contribution in [0.3, 0.4) is 0 Å². The second kappa shape index (κ2) is 3.91. The van der Waals surface area contributed by atoms with Gasteiger partial charge in [-0.15, -0.1) is 0 Å². The minimum Gasteiger partial charge on any atom is -0.427 e. The van der Waals surface area contributed by atoms with E-state index in [-0.39, 0.29) is 10.5 Å². The third-order valence-electron chi connectivity index (χ3n) is 1.30. The van der Waals surface area contributed by atoms with Crippen molar-refractivity contribution in [2.24, 2.45) is 4.99 Å². The van der Waals surface area contributed by atoms with Crippen molar-refractivity contribution >= 4 is 11.6 Å². The number of rotatable bonds is 1. The molecule has 14 heavy (non-hydrogen) atoms. The van der Waals surface area contributed by atoms with Crippen LogP contribution >= 0.6 is 11.6 Å². The summed E-state index contributed by atoms with van der Waals surface area (Å²) in [6.45, 7) is -1.35. The minimum atomic E-state index is -4.39. The Labute approximate surface area is 82.0 Å². The van der Waals surface area contributed by atoms with Gasteiger partial charge in [0.15, 0.2) is 5.49 Å². The maximum Gasteiger partial charge on any atom is 0.408 e. The molecule has 0 saturated carbocycles. The van der Waals surface area contributed by atoms with E-state index in [0.29, 0.717) is 4.73 Å². The number of hydrogen-bond donors (Lipinski definition) is 1. The van der Waals surface area contributed by atoms with Gasteiger partial charge in [0.2, 0.25) is 0 Å². The zero-order chi connectivity index (χ0) is 10.8. The van der Waals surface area contributed by atoms with E-state index >= 15 is 0 Å². The van der Waals surface area contributed by atoms with Gasteiger partial charge in [0.25, 0.3) is 0 Å². The molecule has 1 rings (SSSR count). The monoisotopic (exact) mass is 226 g/mol. The van der Waals surface area contributed by atoms with Gasteiger partial charge in [-0.2, -0.15) is 17.9 Å². The second-order valence-corrected chi connectivity index (χ2v) is 2.92. The van der Waals surface area contributed by atoms with Gasteiger partial charge in [-0.25, -0.2) is 0 Å². The minimum absolute atomic E-state index is 0.205. The van der Waals surface area contributed by atoms with Crippen molar-refractivity contribution in [1.82, 2.24) is 4.73 Å². The first-order chi connectivity index (χ1) is 6.38. The predicted octanol–water partition coefficient (Wildman–Crippen LogP) is 1.84. The Bertz CT molecular complexity index is 385. The normalized spacial score (nSPS) is 13.3. The molecule has 0 radical (unpaired) electrons. The van der Waals surface area contributed by atoms with Gasteiger partial charge in [0, 0.05) is 17.3 Å². The molecule has 0 aliphatic carbocycles. The fourth-order valence-corrected chi connectivity index (χ4v) is 0.898. The summed E-state index contributed by atoms with van der Waals surface area (Å²) in [6.07, 6.45) is -3.28. The van der Waals surface area contributed by atoms with Crippen LogP contribution in [0.1, 0.15) is 0 Å². The highest BCUT2D eigenvalue weighted by Gasteiger charge is 2.26. The first kappa shape index (κ1) is 10.9. The van der Waals surface area contributed by atoms with E-state index in [1.807, 2.05) is 0 Å². The lowest BCUT2D eigenvalue weighted by atomic mass is 10.5. The van der Waals surface area contributed by atoms with Gasteiger partial charge in [-0.1, -0.05) is 11.6 Å². The molecule has 0 aliphatic heterocycles. The van der Waals surface area contributed by atoms with E-state index in [1.54, 1.807) is 0 Å². The summed E-state index contributed by atoms with van der Waals surface area (Å²) in [5.74, 6) is 0. The van der Waals surface area contributed by atoms with Gasteiger partial charge in [0.1, 0.15) is 6.54 Å². The Morgan fingerprint density at radius 3 is 2.71 bits per heavy atom. The summed E-state index contributed by atoms with van der Waals surface area (Å²) in [4.78, 5) is 3.14. The summed E-state index contributed by atoms with van der Waals surface area (Å²) >= 11 is 5.50. The Morgan fingerprint density at radius 2 is 2.14 bits per heavy atom. The van der Waals surface area contributed by atoms with Crippen molar-refractivity contribution in [2.75, 3.05) is 6.54 Å². The maximum atomic E-state index is 11.8. The lowest BCUT2D eigenvalue weighted by Crippen LogP contribution is -2.22. The molecule has 1 heterocycles. The third-order valence-corrected chi connectivity index (χ3v) is 1.53. The van der Waals surface area contributed by atoms with Crippen molar-refractivity contribution < 1.29 is 18.4 Å². The van der Waals surface area contributed by atoms with Gasteiger partial charge in [0.05, 0.1) is 0 Å². The zero-order valence-electron chi connectivity index (χ0n) is 6.79. The molecule has 1 aromatic rings. The molecule has 0 aliphatic rings. The van der Waals surface area contributed by atoms with E-state index in [0.717, 1.165) is 12.3 Å². The lowest BCUT2D eigenvalue weighted by Gasteiger charge is -2.02. The number of hydrogen-bond acceptors (Lipinski definition) is 2. The summed E-state index contributed by atoms with van der Waals surface area (Å²) in [5.41, 5.74) is -0.241. The largest absolute Gasteiger partial charge is 0.427 e. The summed E-state index contributed by atoms with van der Waals surface area (Å²) in [7, 11) is 0. The van der Waals surface area contributed by atoms with Crippen LogP contribution in [0.2, 0.25) is 5.02 Å². The fraction of sp³-hybridized carbons (Fsp3) is 0.286. The van der Waals surface area contributed by atoms with Crippen molar-refractivity contribution in [3.8, 4) is 0 Å². The molecule has 0 amide bonds. The van der Waals surface area contributed by atoms with Crippen LogP contribution in [0.5, 0.6) is 0 Å². The molecule has 0 saturated heterocycles. The predicted molar refractivity (Wildman–Crippen MR) is 43.1 cm³/mol. The molecule has 3 nitrogen and oxygen atoms in total. The van der Waals surface area contributed by atoms with Crippen LogP contribution in [-0.2, 0) is 0 Å². The molecule has 0 spiro atoms. The molecule has 1 N–H and O–H groups in total. The Balaban J connectivity index is 3.00. The van der Waals surface area contributed by atoms with E-state index < -0.39 is 12.7 Å². The highest BCUT2D eigenvalue weighted by atomic mass is 35.5. The molecule has 0 bridgehead atoms. The molecule has 0 aromatic carbocycles. The van der Waals surface area contributed by atoms with E-state index in [2.05, 4.69) is 4.99 Å². The number of halogens is 4. The summed E-state index contributed by atoms with van der Waals surface area (Å²) < 4.78 is 35.7. The zero-order valence-corrected chi connectivity index (χ0v) is 7.55. The molecule has 0 unspecified atom stereocenters. The van der Waals surface area contributed by atoms with Crippen LogP contribution < -0.4 is 5.49 Å². The van der Waals surface area contributed by atoms with Crippen LogP contribution in [0.15, 0.2) is 23.3 Å². The van der Waals surface area contributed by atoms with E-state index in [9.17, 15) is 13.2 Å². The van der Waals surface area contributed by atoms with E-state index in [4.69, 9.17) is 16.8 Å². The number of alkyl halides is 3. The van der Waals surface area contributed by atoms with Gasteiger partial charge in [-0.3, -0.25) is 4.99 Å². The average molecular weight is 227 g/mol. The third kappa shape index (κ3) is 3.29. The summed E-state index contributed by atoms with van der Waals surface area (Å²) in [5, 5.41) is 9.23. The molecular formula is C7H6ClF3N2O. The first-order valence-electron chi connectivity index (χ1n) is 3.53. The van der Waals surface area contributed by atoms with Crippen LogP contribution in [0.25, 0.3) is 0 Å². The van der Waals surface area contributed by atoms with Crippen molar-refractivity contribution in [1.29, 1.82) is 0 Å². The van der Waals surface area contributed by atoms with Gasteiger partial charge in [-0.05, 0) is 6.07 Å². The first-order valence-corrected chi connectivity index (χ1v) is 3.91. The smallest absolute Gasteiger partial charge is 0.408 e. The average Bonchev–Trinajstić information content (AvgIpc) is 2.05. The van der Waals surface area contributed by atoms with Crippen molar-refractivity contribution in [3.05, 3.63) is 28.8 Å². The van der Waals surface area contributed by atoms with Crippen LogP contribution in [-0.4, -0.2) is 22.7 Å². The SMILES string of the molecule is On1ccc(Cl)cc1=NCC(F)(F)F. The van der Waals surface area contributed by atoms with Crippen LogP contribution in [0, 0.1) is 0 Å². The van der Waals surface area contributed by atoms with Crippen molar-refractivity contribution in [3.63, 3.8) is 0 Å². The Hall–Kier alpha value is -1.17. The molecule has 1 aromatic heterocycles. The second-order valence-electron chi connectivity index (χ2n) is 2.48. The topological polar surface area (TPSA) is 37.5 Å². The molecule has 7 heteroatoms. The Morgan fingerprint density at radius 1 is 1.50 bits per heavy atom. The number of pyridine rings is 1. The van der Waals surface area contributed by atoms with Gasteiger partial charge >= 0.3 is 6.18 Å². The molecule has 0 atom stereocenters. The highest BCUT2D eigenvalue weighted by molar-refractivity contribution is 6.30. The molecule has 0 fully saturated rings. The molecule has 78 valence electrons. The number of aromatic nitrogens is 1. The summed E-state index contributed by atoms with van der Waals surface area (Å²) in [6, 6.07) is 2.46. The fourth-order valence-electron chi connectivity index (χ4n) is 0.744. The molecular weight excluding hydrogens is 221 g/mol. The maximum absolute atomic E-state index is 11.8. The standard InChI is InChI=1S/C7H6ClF3N2O/c8-5-1-2-13(14)6(3-5)12-4-7(9,10)11/h1-3,14H,4H2. The van der Waals surface area contributed by atoms with Crippen LogP contribution in [0.4, 0.5) is 13.2 Å². The van der Waals surface area contributed by atoms with Gasteiger partial charge < -0.3 is 5.21 Å². The lowest BCUT2D eigenvalue weighted by molar-refractivity contribution is -0.118. The number of nitrogens with zero attached hydrogens (tertiary/aromatic N) is 2. The quantitative estimate of drug-likeness (QED) is 0.729. The highest BCUT2D eigenvalue weighted by Crippen LogP contribution is 2.13. The Kier molecular flexibility index (Phi) is 3.05. The van der Waals surface area contributed by atoms with E-state index in [1.165, 1.54) is 6.07 Å².